The molecule has 2 aliphatic heterocycles. The van der Waals surface area contributed by atoms with Gasteiger partial charge in [0.25, 0.3) is 0 Å². The molecule has 2 N–H and O–H groups in total. The zero-order valence-corrected chi connectivity index (χ0v) is 16.2. The van der Waals surface area contributed by atoms with E-state index in [0.717, 1.165) is 62.2 Å². The quantitative estimate of drug-likeness (QED) is 0.834. The fourth-order valence-electron chi connectivity index (χ4n) is 4.62. The maximum absolute atomic E-state index is 10.1. The molecule has 0 amide bonds. The SMILES string of the molecule is N#Cc1ccnc(Nc2cc(C3(C#N)CCNCC3)cc(N3CC4CC4C3)n2)c1. The van der Waals surface area contributed by atoms with E-state index in [4.69, 9.17) is 10.2 Å². The summed E-state index contributed by atoms with van der Waals surface area (Å²) in [5.74, 6) is 3.79. The van der Waals surface area contributed by atoms with Crippen LogP contribution in [0.1, 0.15) is 30.4 Å². The number of anilines is 3. The number of rotatable bonds is 4. The number of nitrogens with one attached hydrogen (secondary N) is 2. The first kappa shape index (κ1) is 17.9. The molecule has 4 heterocycles. The van der Waals surface area contributed by atoms with Gasteiger partial charge in [0.15, 0.2) is 0 Å². The molecule has 0 spiro atoms. The minimum Gasteiger partial charge on any atom is -0.356 e. The van der Waals surface area contributed by atoms with Crippen molar-refractivity contribution in [3.63, 3.8) is 0 Å². The van der Waals surface area contributed by atoms with Crippen LogP contribution < -0.4 is 15.5 Å². The smallest absolute Gasteiger partial charge is 0.134 e. The Balaban J connectivity index is 1.52. The lowest BCUT2D eigenvalue weighted by Crippen LogP contribution is -2.39. The number of hydrogen-bond donors (Lipinski definition) is 2. The van der Waals surface area contributed by atoms with Crippen LogP contribution in [-0.4, -0.2) is 36.1 Å². The Kier molecular flexibility index (Phi) is 4.34. The van der Waals surface area contributed by atoms with E-state index in [1.54, 1.807) is 18.3 Å². The van der Waals surface area contributed by atoms with Crippen molar-refractivity contribution in [2.24, 2.45) is 11.8 Å². The Morgan fingerprint density at radius 3 is 2.62 bits per heavy atom. The van der Waals surface area contributed by atoms with Gasteiger partial charge in [-0.3, -0.25) is 0 Å². The monoisotopic (exact) mass is 385 g/mol. The average Bonchev–Trinajstić information content (AvgIpc) is 3.39. The highest BCUT2D eigenvalue weighted by Gasteiger charge is 2.46. The summed E-state index contributed by atoms with van der Waals surface area (Å²) in [6.45, 7) is 3.77. The van der Waals surface area contributed by atoms with E-state index in [2.05, 4.69) is 38.7 Å². The van der Waals surface area contributed by atoms with Crippen LogP contribution in [0.5, 0.6) is 0 Å². The molecule has 0 radical (unpaired) electrons. The predicted molar refractivity (Wildman–Crippen MR) is 110 cm³/mol. The number of hydrogen-bond acceptors (Lipinski definition) is 7. The summed E-state index contributed by atoms with van der Waals surface area (Å²) >= 11 is 0. The Morgan fingerprint density at radius 2 is 1.90 bits per heavy atom. The zero-order valence-electron chi connectivity index (χ0n) is 16.2. The minimum absolute atomic E-state index is 0.496. The molecule has 0 aromatic carbocycles. The molecule has 1 saturated carbocycles. The highest BCUT2D eigenvalue weighted by atomic mass is 15.2. The van der Waals surface area contributed by atoms with Crippen LogP contribution in [0.2, 0.25) is 0 Å². The summed E-state index contributed by atoms with van der Waals surface area (Å²) in [5, 5.41) is 25.8. The third-order valence-electron chi connectivity index (χ3n) is 6.48. The van der Waals surface area contributed by atoms with Crippen LogP contribution in [0, 0.1) is 34.5 Å². The first-order valence-electron chi connectivity index (χ1n) is 10.2. The van der Waals surface area contributed by atoms with Crippen LogP contribution in [0.4, 0.5) is 17.5 Å². The van der Waals surface area contributed by atoms with Gasteiger partial charge in [-0.15, -0.1) is 0 Å². The van der Waals surface area contributed by atoms with Crippen LogP contribution >= 0.6 is 0 Å². The van der Waals surface area contributed by atoms with Crippen molar-refractivity contribution >= 4 is 17.5 Å². The number of pyridine rings is 2. The second kappa shape index (κ2) is 7.02. The molecular weight excluding hydrogens is 362 g/mol. The highest BCUT2D eigenvalue weighted by molar-refractivity contribution is 5.60. The second-order valence-corrected chi connectivity index (χ2v) is 8.37. The lowest BCUT2D eigenvalue weighted by molar-refractivity contribution is 0.382. The summed E-state index contributed by atoms with van der Waals surface area (Å²) in [7, 11) is 0. The Hall–Kier alpha value is -3.16. The third-order valence-corrected chi connectivity index (χ3v) is 6.48. The maximum Gasteiger partial charge on any atom is 0.134 e. The lowest BCUT2D eigenvalue weighted by atomic mass is 9.74. The van der Waals surface area contributed by atoms with E-state index in [-0.39, 0.29) is 0 Å². The van der Waals surface area contributed by atoms with Crippen LogP contribution in [0.15, 0.2) is 30.5 Å². The largest absolute Gasteiger partial charge is 0.356 e. The summed E-state index contributed by atoms with van der Waals surface area (Å²) in [4.78, 5) is 11.5. The van der Waals surface area contributed by atoms with E-state index in [1.165, 1.54) is 6.42 Å². The minimum atomic E-state index is -0.496. The molecule has 1 aliphatic carbocycles. The van der Waals surface area contributed by atoms with Crippen molar-refractivity contribution in [2.75, 3.05) is 36.4 Å². The molecule has 2 aromatic rings. The topological polar surface area (TPSA) is 101 Å². The van der Waals surface area contributed by atoms with Gasteiger partial charge < -0.3 is 15.5 Å². The molecule has 2 atom stereocenters. The average molecular weight is 385 g/mol. The van der Waals surface area contributed by atoms with E-state index >= 15 is 0 Å². The van der Waals surface area contributed by atoms with Gasteiger partial charge in [-0.1, -0.05) is 0 Å². The van der Waals surface area contributed by atoms with Gasteiger partial charge in [-0.05, 0) is 74.0 Å². The Morgan fingerprint density at radius 1 is 1.10 bits per heavy atom. The number of nitriles is 2. The van der Waals surface area contributed by atoms with Crippen molar-refractivity contribution in [3.05, 3.63) is 41.6 Å². The van der Waals surface area contributed by atoms with Gasteiger partial charge in [0.05, 0.1) is 23.1 Å². The van der Waals surface area contributed by atoms with Gasteiger partial charge >= 0.3 is 0 Å². The lowest BCUT2D eigenvalue weighted by Gasteiger charge is -2.33. The van der Waals surface area contributed by atoms with E-state index < -0.39 is 5.41 Å². The summed E-state index contributed by atoms with van der Waals surface area (Å²) < 4.78 is 0. The van der Waals surface area contributed by atoms with Gasteiger partial charge in [0.1, 0.15) is 17.5 Å². The fourth-order valence-corrected chi connectivity index (χ4v) is 4.62. The molecule has 3 fully saturated rings. The summed E-state index contributed by atoms with van der Waals surface area (Å²) in [6, 6.07) is 12.2. The first-order valence-corrected chi connectivity index (χ1v) is 10.2. The zero-order chi connectivity index (χ0) is 19.8. The van der Waals surface area contributed by atoms with Crippen LogP contribution in [0.3, 0.4) is 0 Å². The molecule has 5 rings (SSSR count). The molecule has 2 aromatic heterocycles. The van der Waals surface area contributed by atoms with Crippen LogP contribution in [-0.2, 0) is 5.41 Å². The van der Waals surface area contributed by atoms with Crippen molar-refractivity contribution in [1.29, 1.82) is 10.5 Å². The molecule has 7 heteroatoms. The highest BCUT2D eigenvalue weighted by Crippen LogP contribution is 2.46. The number of aromatic nitrogens is 2. The standard InChI is InChI=1S/C22H23N7/c23-11-15-1-4-26-19(7-15)27-20-9-18(22(14-24)2-5-25-6-3-22)10-21(28-20)29-12-16-8-17(16)13-29/h1,4,7,9-10,16-17,25H,2-3,5-6,8,12-13H2,(H,26,27,28). The number of piperidine rings is 2. The number of fused-ring (bicyclic) bond motifs is 1. The number of nitrogens with zero attached hydrogens (tertiary/aromatic N) is 5. The maximum atomic E-state index is 10.1. The molecule has 3 aliphatic rings. The van der Waals surface area contributed by atoms with Crippen molar-refractivity contribution < 1.29 is 0 Å². The molecule has 29 heavy (non-hydrogen) atoms. The molecule has 0 bridgehead atoms. The van der Waals surface area contributed by atoms with E-state index in [9.17, 15) is 5.26 Å². The van der Waals surface area contributed by atoms with Crippen molar-refractivity contribution in [1.82, 2.24) is 15.3 Å². The van der Waals surface area contributed by atoms with Gasteiger partial charge in [-0.2, -0.15) is 10.5 Å². The molecule has 2 unspecified atom stereocenters. The van der Waals surface area contributed by atoms with Gasteiger partial charge in [0.2, 0.25) is 0 Å². The third kappa shape index (κ3) is 3.39. The summed E-state index contributed by atoms with van der Waals surface area (Å²) in [6.07, 6.45) is 4.53. The Bertz CT molecular complexity index is 1000. The first-order chi connectivity index (χ1) is 14.2. The second-order valence-electron chi connectivity index (χ2n) is 8.37. The molecule has 7 nitrogen and oxygen atoms in total. The molecular formula is C22H23N7. The Labute approximate surface area is 170 Å². The molecule has 2 saturated heterocycles. The molecule has 146 valence electrons. The van der Waals surface area contributed by atoms with Crippen molar-refractivity contribution in [2.45, 2.75) is 24.7 Å². The van der Waals surface area contributed by atoms with Gasteiger partial charge in [-0.25, -0.2) is 9.97 Å². The fraction of sp³-hybridized carbons (Fsp3) is 0.455. The van der Waals surface area contributed by atoms with Crippen LogP contribution in [0.25, 0.3) is 0 Å². The summed E-state index contributed by atoms with van der Waals surface area (Å²) in [5.41, 5.74) is 1.07. The van der Waals surface area contributed by atoms with Crippen molar-refractivity contribution in [3.8, 4) is 12.1 Å². The predicted octanol–water partition coefficient (Wildman–Crippen LogP) is 2.69. The normalized spacial score (nSPS) is 24.3. The van der Waals surface area contributed by atoms with Gasteiger partial charge in [0, 0.05) is 19.3 Å². The van der Waals surface area contributed by atoms with E-state index in [1.807, 2.05) is 6.07 Å². The van der Waals surface area contributed by atoms with E-state index in [0.29, 0.717) is 17.2 Å².